The van der Waals surface area contributed by atoms with Gasteiger partial charge in [0.15, 0.2) is 0 Å². The zero-order chi connectivity index (χ0) is 11.5. The van der Waals surface area contributed by atoms with E-state index in [1.165, 1.54) is 0 Å². The quantitative estimate of drug-likeness (QED) is 0.852. The largest absolute Gasteiger partial charge is 0.351 e. The Balaban J connectivity index is 2.51. The molecule has 4 heteroatoms. The first kappa shape index (κ1) is 12.5. The number of rotatable bonds is 3. The first-order chi connectivity index (χ1) is 6.89. The van der Waals surface area contributed by atoms with E-state index in [1.54, 1.807) is 0 Å². The van der Waals surface area contributed by atoms with Crippen molar-refractivity contribution in [1.29, 1.82) is 0 Å². The second-order valence-electron chi connectivity index (χ2n) is 3.78. The van der Waals surface area contributed by atoms with Crippen molar-refractivity contribution in [3.05, 3.63) is 34.9 Å². The predicted molar refractivity (Wildman–Crippen MR) is 66.3 cm³/mol. The molecule has 1 rings (SSSR count). The Morgan fingerprint density at radius 3 is 2.40 bits per heavy atom. The molecule has 0 saturated heterocycles. The average Bonchev–Trinajstić information content (AvgIpc) is 2.15. The maximum absolute atomic E-state index is 11.5. The lowest BCUT2D eigenvalue weighted by Gasteiger charge is -2.15. The van der Waals surface area contributed by atoms with Crippen LogP contribution in [0, 0.1) is 0 Å². The summed E-state index contributed by atoms with van der Waals surface area (Å²) in [6, 6.07) is 7.40. The summed E-state index contributed by atoms with van der Waals surface area (Å²) < 4.78 is -0.528. The van der Waals surface area contributed by atoms with Crippen LogP contribution in [0.15, 0.2) is 24.3 Å². The van der Waals surface area contributed by atoms with Crippen molar-refractivity contribution in [3.8, 4) is 0 Å². The maximum atomic E-state index is 11.5. The first-order valence-corrected chi connectivity index (χ1v) is 5.78. The van der Waals surface area contributed by atoms with E-state index in [0.29, 0.717) is 11.6 Å². The van der Waals surface area contributed by atoms with Crippen molar-refractivity contribution >= 4 is 33.4 Å². The van der Waals surface area contributed by atoms with E-state index >= 15 is 0 Å². The van der Waals surface area contributed by atoms with Crippen LogP contribution >= 0.6 is 27.5 Å². The van der Waals surface area contributed by atoms with E-state index in [9.17, 15) is 4.79 Å². The van der Waals surface area contributed by atoms with Crippen molar-refractivity contribution in [3.63, 3.8) is 0 Å². The minimum Gasteiger partial charge on any atom is -0.351 e. The summed E-state index contributed by atoms with van der Waals surface area (Å²) in [5.41, 5.74) is 1.03. The molecule has 1 N–H and O–H groups in total. The third-order valence-electron chi connectivity index (χ3n) is 1.91. The maximum Gasteiger partial charge on any atom is 0.236 e. The number of hydrogen-bond donors (Lipinski definition) is 1. The first-order valence-electron chi connectivity index (χ1n) is 4.61. The van der Waals surface area contributed by atoms with Gasteiger partial charge in [-0.05, 0) is 31.5 Å². The molecule has 82 valence electrons. The Morgan fingerprint density at radius 1 is 1.40 bits per heavy atom. The molecule has 2 nitrogen and oxygen atoms in total. The van der Waals surface area contributed by atoms with E-state index in [4.69, 9.17) is 11.6 Å². The van der Waals surface area contributed by atoms with Crippen LogP contribution in [0.4, 0.5) is 0 Å². The summed E-state index contributed by atoms with van der Waals surface area (Å²) in [5.74, 6) is -0.0301. The fraction of sp³-hybridized carbons (Fsp3) is 0.364. The highest BCUT2D eigenvalue weighted by atomic mass is 79.9. The molecule has 15 heavy (non-hydrogen) atoms. The topological polar surface area (TPSA) is 29.1 Å². The second-order valence-corrected chi connectivity index (χ2v) is 6.20. The molecule has 0 spiro atoms. The van der Waals surface area contributed by atoms with Crippen LogP contribution in [0.5, 0.6) is 0 Å². The van der Waals surface area contributed by atoms with Crippen molar-refractivity contribution in [2.24, 2.45) is 0 Å². The molecule has 1 aromatic carbocycles. The van der Waals surface area contributed by atoms with Gasteiger partial charge >= 0.3 is 0 Å². The lowest BCUT2D eigenvalue weighted by Crippen LogP contribution is -2.36. The minimum atomic E-state index is -0.528. The van der Waals surface area contributed by atoms with Crippen LogP contribution in [-0.2, 0) is 11.3 Å². The van der Waals surface area contributed by atoms with E-state index in [-0.39, 0.29) is 5.91 Å². The molecule has 0 fully saturated rings. The van der Waals surface area contributed by atoms with Crippen LogP contribution in [0.2, 0.25) is 5.02 Å². The molecule has 0 atom stereocenters. The number of amides is 1. The third-order valence-corrected chi connectivity index (χ3v) is 2.52. The molecule has 0 radical (unpaired) electrons. The zero-order valence-corrected chi connectivity index (χ0v) is 11.0. The SMILES string of the molecule is CC(C)(Br)C(=O)NCc1ccc(Cl)cc1. The molecule has 1 aromatic rings. The van der Waals surface area contributed by atoms with Crippen molar-refractivity contribution in [2.45, 2.75) is 24.7 Å². The summed E-state index contributed by atoms with van der Waals surface area (Å²) in [7, 11) is 0. The highest BCUT2D eigenvalue weighted by molar-refractivity contribution is 9.10. The molecular weight excluding hydrogens is 277 g/mol. The molecule has 0 unspecified atom stereocenters. The highest BCUT2D eigenvalue weighted by Crippen LogP contribution is 2.16. The van der Waals surface area contributed by atoms with Gasteiger partial charge in [0.2, 0.25) is 5.91 Å². The number of alkyl halides is 1. The fourth-order valence-corrected chi connectivity index (χ4v) is 1.26. The molecule has 0 aliphatic carbocycles. The molecule has 0 aliphatic heterocycles. The number of carbonyl (C=O) groups is 1. The van der Waals surface area contributed by atoms with Crippen molar-refractivity contribution in [1.82, 2.24) is 5.32 Å². The van der Waals surface area contributed by atoms with Crippen LogP contribution in [0.25, 0.3) is 0 Å². The number of benzene rings is 1. The number of hydrogen-bond acceptors (Lipinski definition) is 1. The van der Waals surface area contributed by atoms with Gasteiger partial charge in [0.1, 0.15) is 0 Å². The van der Waals surface area contributed by atoms with Gasteiger partial charge in [0.25, 0.3) is 0 Å². The van der Waals surface area contributed by atoms with Gasteiger partial charge < -0.3 is 5.32 Å². The van der Waals surface area contributed by atoms with E-state index in [1.807, 2.05) is 38.1 Å². The predicted octanol–water partition coefficient (Wildman–Crippen LogP) is 3.13. The van der Waals surface area contributed by atoms with Gasteiger partial charge in [-0.1, -0.05) is 39.7 Å². The Labute approximate surface area is 103 Å². The monoisotopic (exact) mass is 289 g/mol. The van der Waals surface area contributed by atoms with Gasteiger partial charge in [0, 0.05) is 11.6 Å². The molecule has 0 saturated carbocycles. The smallest absolute Gasteiger partial charge is 0.236 e. The number of carbonyl (C=O) groups excluding carboxylic acids is 1. The summed E-state index contributed by atoms with van der Waals surface area (Å²) in [5, 5.41) is 3.53. The van der Waals surface area contributed by atoms with Gasteiger partial charge in [-0.2, -0.15) is 0 Å². The molecule has 0 aromatic heterocycles. The molecule has 0 aliphatic rings. The molecule has 0 heterocycles. The minimum absolute atomic E-state index is 0.0301. The Kier molecular flexibility index (Phi) is 4.17. The van der Waals surface area contributed by atoms with Gasteiger partial charge in [0.05, 0.1) is 4.32 Å². The Hall–Kier alpha value is -0.540. The average molecular weight is 291 g/mol. The summed E-state index contributed by atoms with van der Waals surface area (Å²) in [6.07, 6.45) is 0. The normalized spacial score (nSPS) is 11.2. The standard InChI is InChI=1S/C11H13BrClNO/c1-11(2,12)10(15)14-7-8-3-5-9(13)6-4-8/h3-6H,7H2,1-2H3,(H,14,15). The van der Waals surface area contributed by atoms with Crippen molar-refractivity contribution < 1.29 is 4.79 Å². The van der Waals surface area contributed by atoms with Crippen LogP contribution < -0.4 is 5.32 Å². The molecule has 1 amide bonds. The summed E-state index contributed by atoms with van der Waals surface area (Å²) in [4.78, 5) is 11.5. The van der Waals surface area contributed by atoms with Crippen molar-refractivity contribution in [2.75, 3.05) is 0 Å². The highest BCUT2D eigenvalue weighted by Gasteiger charge is 2.22. The van der Waals surface area contributed by atoms with E-state index in [0.717, 1.165) is 5.56 Å². The van der Waals surface area contributed by atoms with Crippen LogP contribution in [0.3, 0.4) is 0 Å². The lowest BCUT2D eigenvalue weighted by molar-refractivity contribution is -0.122. The fourth-order valence-electron chi connectivity index (χ4n) is 0.995. The zero-order valence-electron chi connectivity index (χ0n) is 8.68. The van der Waals surface area contributed by atoms with Gasteiger partial charge in [-0.25, -0.2) is 0 Å². The Bertz CT molecular complexity index is 343. The van der Waals surface area contributed by atoms with E-state index < -0.39 is 4.32 Å². The third kappa shape index (κ3) is 4.22. The van der Waals surface area contributed by atoms with E-state index in [2.05, 4.69) is 21.2 Å². The van der Waals surface area contributed by atoms with Crippen LogP contribution in [-0.4, -0.2) is 10.2 Å². The molecule has 0 bridgehead atoms. The second kappa shape index (κ2) is 4.99. The molecular formula is C11H13BrClNO. The number of halogens is 2. The Morgan fingerprint density at radius 2 is 1.93 bits per heavy atom. The lowest BCUT2D eigenvalue weighted by atomic mass is 10.2. The number of nitrogens with one attached hydrogen (secondary N) is 1. The summed E-state index contributed by atoms with van der Waals surface area (Å²) >= 11 is 9.05. The van der Waals surface area contributed by atoms with Gasteiger partial charge in [-0.15, -0.1) is 0 Å². The van der Waals surface area contributed by atoms with Crippen LogP contribution in [0.1, 0.15) is 19.4 Å². The summed E-state index contributed by atoms with van der Waals surface area (Å²) in [6.45, 7) is 4.14. The van der Waals surface area contributed by atoms with Gasteiger partial charge in [-0.3, -0.25) is 4.79 Å².